The van der Waals surface area contributed by atoms with Crippen LogP contribution in [0.15, 0.2) is 36.4 Å². The Morgan fingerprint density at radius 2 is 1.50 bits per heavy atom. The zero-order chi connectivity index (χ0) is 14.5. The Bertz CT molecular complexity index is 562. The summed E-state index contributed by atoms with van der Waals surface area (Å²) in [5, 5.41) is 1.00. The molecule has 0 amide bonds. The van der Waals surface area contributed by atoms with E-state index in [-0.39, 0.29) is 0 Å². The van der Waals surface area contributed by atoms with E-state index < -0.39 is 0 Å². The van der Waals surface area contributed by atoms with E-state index in [0.717, 1.165) is 11.3 Å². The zero-order valence-electron chi connectivity index (χ0n) is 11.0. The van der Waals surface area contributed by atoms with Gasteiger partial charge in [0.15, 0.2) is 5.75 Å². The summed E-state index contributed by atoms with van der Waals surface area (Å²) in [5.74, 6) is 1.23. The van der Waals surface area contributed by atoms with Gasteiger partial charge < -0.3 is 9.47 Å². The number of aryl methyl sites for hydroxylation is 1. The van der Waals surface area contributed by atoms with Gasteiger partial charge in [0.2, 0.25) is 0 Å². The molecule has 0 aliphatic heterocycles. The van der Waals surface area contributed by atoms with Crippen molar-refractivity contribution in [2.45, 2.75) is 6.92 Å². The highest BCUT2D eigenvalue weighted by Gasteiger charge is 2.08. The van der Waals surface area contributed by atoms with E-state index in [0.29, 0.717) is 34.5 Å². The Kier molecular flexibility index (Phi) is 5.21. The molecular weight excluding hydrogens is 294 g/mol. The molecule has 0 aromatic heterocycles. The number of hydrogen-bond donors (Lipinski definition) is 0. The maximum absolute atomic E-state index is 6.08. The van der Waals surface area contributed by atoms with E-state index in [4.69, 9.17) is 40.5 Å². The average molecular weight is 307 g/mol. The second-order valence-corrected chi connectivity index (χ2v) is 5.14. The van der Waals surface area contributed by atoms with Crippen LogP contribution in [0.1, 0.15) is 5.56 Å². The standard InChI is InChI=1S/C15H13BCl2O2/c1-10-8-13(17)15(14(18)9-10)20-7-6-19-12-4-2-11(16)3-5-12/h2-5,8-9H,6-7H2,1H3. The Morgan fingerprint density at radius 3 is 2.10 bits per heavy atom. The van der Waals surface area contributed by atoms with E-state index in [1.54, 1.807) is 24.3 Å². The lowest BCUT2D eigenvalue weighted by atomic mass is 9.97. The molecular formula is C15H13BCl2O2. The monoisotopic (exact) mass is 306 g/mol. The van der Waals surface area contributed by atoms with E-state index in [1.165, 1.54) is 0 Å². The zero-order valence-corrected chi connectivity index (χ0v) is 12.5. The summed E-state index contributed by atoms with van der Waals surface area (Å²) in [5.41, 5.74) is 1.69. The minimum Gasteiger partial charge on any atom is -0.490 e. The molecule has 0 aliphatic carbocycles. The summed E-state index contributed by atoms with van der Waals surface area (Å²) < 4.78 is 11.1. The molecule has 0 aliphatic rings. The maximum Gasteiger partial charge on any atom is 0.156 e. The minimum atomic E-state index is 0.354. The third-order valence-corrected chi connectivity index (χ3v) is 3.18. The van der Waals surface area contributed by atoms with Gasteiger partial charge in [-0.15, -0.1) is 0 Å². The third kappa shape index (κ3) is 4.09. The summed E-state index contributed by atoms with van der Waals surface area (Å²) in [7, 11) is 5.59. The fraction of sp³-hybridized carbons (Fsp3) is 0.200. The Balaban J connectivity index is 1.86. The van der Waals surface area contributed by atoms with Crippen LogP contribution < -0.4 is 14.9 Å². The van der Waals surface area contributed by atoms with Gasteiger partial charge in [-0.1, -0.05) is 40.8 Å². The first kappa shape index (κ1) is 15.1. The van der Waals surface area contributed by atoms with Gasteiger partial charge in [-0.05, 0) is 36.8 Å². The van der Waals surface area contributed by atoms with Crippen LogP contribution in [0.4, 0.5) is 0 Å². The predicted molar refractivity (Wildman–Crippen MR) is 84.0 cm³/mol. The largest absolute Gasteiger partial charge is 0.490 e. The first-order valence-corrected chi connectivity index (χ1v) is 6.88. The molecule has 2 radical (unpaired) electrons. The van der Waals surface area contributed by atoms with Gasteiger partial charge in [0.1, 0.15) is 26.8 Å². The lowest BCUT2D eigenvalue weighted by molar-refractivity contribution is 0.217. The highest BCUT2D eigenvalue weighted by molar-refractivity contribution is 6.37. The minimum absolute atomic E-state index is 0.354. The topological polar surface area (TPSA) is 18.5 Å². The van der Waals surface area contributed by atoms with E-state index in [1.807, 2.05) is 19.1 Å². The van der Waals surface area contributed by atoms with E-state index in [2.05, 4.69) is 0 Å². The van der Waals surface area contributed by atoms with Crippen LogP contribution >= 0.6 is 23.2 Å². The van der Waals surface area contributed by atoms with Crippen molar-refractivity contribution in [3.05, 3.63) is 52.0 Å². The molecule has 0 N–H and O–H groups in total. The van der Waals surface area contributed by atoms with Crippen LogP contribution in [-0.4, -0.2) is 21.1 Å². The van der Waals surface area contributed by atoms with Crippen molar-refractivity contribution in [3.63, 3.8) is 0 Å². The average Bonchev–Trinajstić information content (AvgIpc) is 2.39. The molecule has 5 heteroatoms. The summed E-state index contributed by atoms with van der Waals surface area (Å²) in [6.07, 6.45) is 0. The number of benzene rings is 2. The molecule has 0 unspecified atom stereocenters. The van der Waals surface area contributed by atoms with E-state index >= 15 is 0 Å². The SMILES string of the molecule is [B]c1ccc(OCCOc2c(Cl)cc(C)cc2Cl)cc1. The molecule has 0 heterocycles. The Labute approximate surface area is 130 Å². The van der Waals surface area contributed by atoms with Crippen molar-refractivity contribution in [1.82, 2.24) is 0 Å². The van der Waals surface area contributed by atoms with Gasteiger partial charge in [0, 0.05) is 0 Å². The van der Waals surface area contributed by atoms with Crippen LogP contribution in [0, 0.1) is 6.92 Å². The second-order valence-electron chi connectivity index (χ2n) is 4.32. The summed E-state index contributed by atoms with van der Waals surface area (Å²) in [6, 6.07) is 10.8. The van der Waals surface area contributed by atoms with Gasteiger partial charge in [-0.3, -0.25) is 0 Å². The fourth-order valence-electron chi connectivity index (χ4n) is 1.69. The molecule has 102 valence electrons. The molecule has 0 saturated heterocycles. The Morgan fingerprint density at radius 1 is 0.950 bits per heavy atom. The summed E-state index contributed by atoms with van der Waals surface area (Å²) >= 11 is 12.2. The molecule has 0 bridgehead atoms. The summed E-state index contributed by atoms with van der Waals surface area (Å²) in [6.45, 7) is 2.67. The number of halogens is 2. The Hall–Kier alpha value is -1.32. The smallest absolute Gasteiger partial charge is 0.156 e. The van der Waals surface area contributed by atoms with Crippen molar-refractivity contribution in [3.8, 4) is 11.5 Å². The predicted octanol–water partition coefficient (Wildman–Crippen LogP) is 3.55. The molecule has 0 fully saturated rings. The molecule has 2 aromatic rings. The lowest BCUT2D eigenvalue weighted by Gasteiger charge is -2.11. The highest BCUT2D eigenvalue weighted by atomic mass is 35.5. The van der Waals surface area contributed by atoms with Gasteiger partial charge >= 0.3 is 0 Å². The normalized spacial score (nSPS) is 10.3. The van der Waals surface area contributed by atoms with Gasteiger partial charge in [0.25, 0.3) is 0 Å². The quantitative estimate of drug-likeness (QED) is 0.621. The van der Waals surface area contributed by atoms with Crippen molar-refractivity contribution in [2.75, 3.05) is 13.2 Å². The van der Waals surface area contributed by atoms with Gasteiger partial charge in [-0.2, -0.15) is 0 Å². The van der Waals surface area contributed by atoms with E-state index in [9.17, 15) is 0 Å². The van der Waals surface area contributed by atoms with Gasteiger partial charge in [-0.25, -0.2) is 0 Å². The first-order valence-electron chi connectivity index (χ1n) is 6.13. The second kappa shape index (κ2) is 6.91. The molecule has 0 saturated carbocycles. The number of hydrogen-bond acceptors (Lipinski definition) is 2. The van der Waals surface area contributed by atoms with Crippen molar-refractivity contribution >= 4 is 36.5 Å². The number of ether oxygens (including phenoxy) is 2. The van der Waals surface area contributed by atoms with Crippen molar-refractivity contribution in [1.29, 1.82) is 0 Å². The molecule has 2 nitrogen and oxygen atoms in total. The third-order valence-electron chi connectivity index (χ3n) is 2.62. The molecule has 0 spiro atoms. The first-order chi connectivity index (χ1) is 9.56. The fourth-order valence-corrected chi connectivity index (χ4v) is 2.40. The van der Waals surface area contributed by atoms with Gasteiger partial charge in [0.05, 0.1) is 10.0 Å². The van der Waals surface area contributed by atoms with Crippen LogP contribution in [-0.2, 0) is 0 Å². The van der Waals surface area contributed by atoms with Crippen molar-refractivity contribution < 1.29 is 9.47 Å². The molecule has 2 rings (SSSR count). The maximum atomic E-state index is 6.08. The molecule has 20 heavy (non-hydrogen) atoms. The summed E-state index contributed by atoms with van der Waals surface area (Å²) in [4.78, 5) is 0. The molecule has 0 atom stereocenters. The van der Waals surface area contributed by atoms with Crippen LogP contribution in [0.2, 0.25) is 10.0 Å². The lowest BCUT2D eigenvalue weighted by Crippen LogP contribution is -2.10. The molecule has 2 aromatic carbocycles. The van der Waals surface area contributed by atoms with Crippen LogP contribution in [0.25, 0.3) is 0 Å². The van der Waals surface area contributed by atoms with Crippen LogP contribution in [0.3, 0.4) is 0 Å². The highest BCUT2D eigenvalue weighted by Crippen LogP contribution is 2.33. The van der Waals surface area contributed by atoms with Crippen LogP contribution in [0.5, 0.6) is 11.5 Å². The number of rotatable bonds is 5. The van der Waals surface area contributed by atoms with Crippen molar-refractivity contribution in [2.24, 2.45) is 0 Å².